The van der Waals surface area contributed by atoms with E-state index in [0.29, 0.717) is 18.3 Å². The zero-order chi connectivity index (χ0) is 16.0. The predicted octanol–water partition coefficient (Wildman–Crippen LogP) is 1.67. The summed E-state index contributed by atoms with van der Waals surface area (Å²) in [5, 5.41) is 8.41. The second-order valence-electron chi connectivity index (χ2n) is 5.11. The van der Waals surface area contributed by atoms with Crippen LogP contribution in [0.2, 0.25) is 5.02 Å². The summed E-state index contributed by atoms with van der Waals surface area (Å²) in [4.78, 5) is 28.0. The number of nitrogens with one attached hydrogen (secondary N) is 3. The van der Waals surface area contributed by atoms with E-state index in [1.165, 1.54) is 0 Å². The molecule has 1 aromatic rings. The normalized spacial score (nSPS) is 11.9. The highest BCUT2D eigenvalue weighted by molar-refractivity contribution is 6.33. The molecule has 0 aliphatic heterocycles. The standard InChI is InChI=1S/C14H21ClN4O2/c1-8(2)7-17-13(20)9(3)18-14(21)12-10(15)5-6-11(16-4)19-12/h5-6,8-9H,7H2,1-4H3,(H,16,19)(H,17,20)(H,18,21). The number of halogens is 1. The van der Waals surface area contributed by atoms with Gasteiger partial charge in [-0.05, 0) is 25.0 Å². The van der Waals surface area contributed by atoms with Gasteiger partial charge in [-0.3, -0.25) is 9.59 Å². The van der Waals surface area contributed by atoms with Gasteiger partial charge in [-0.25, -0.2) is 4.98 Å². The van der Waals surface area contributed by atoms with Crippen molar-refractivity contribution in [3.8, 4) is 0 Å². The number of nitrogens with zero attached hydrogens (tertiary/aromatic N) is 1. The third-order valence-electron chi connectivity index (χ3n) is 2.74. The van der Waals surface area contributed by atoms with Gasteiger partial charge >= 0.3 is 0 Å². The Labute approximate surface area is 129 Å². The van der Waals surface area contributed by atoms with E-state index in [9.17, 15) is 9.59 Å². The van der Waals surface area contributed by atoms with Crippen LogP contribution in [0, 0.1) is 5.92 Å². The molecule has 1 heterocycles. The summed E-state index contributed by atoms with van der Waals surface area (Å²) in [6, 6.07) is 2.59. The van der Waals surface area contributed by atoms with E-state index in [1.807, 2.05) is 13.8 Å². The van der Waals surface area contributed by atoms with Crippen molar-refractivity contribution >= 4 is 29.2 Å². The summed E-state index contributed by atoms with van der Waals surface area (Å²) in [6.07, 6.45) is 0. The number of aromatic nitrogens is 1. The lowest BCUT2D eigenvalue weighted by Crippen LogP contribution is -2.45. The highest BCUT2D eigenvalue weighted by atomic mass is 35.5. The van der Waals surface area contributed by atoms with E-state index in [4.69, 9.17) is 11.6 Å². The summed E-state index contributed by atoms with van der Waals surface area (Å²) in [5.74, 6) is 0.156. The Bertz CT molecular complexity index is 520. The fourth-order valence-electron chi connectivity index (χ4n) is 1.53. The summed E-state index contributed by atoms with van der Waals surface area (Å²) < 4.78 is 0. The monoisotopic (exact) mass is 312 g/mol. The van der Waals surface area contributed by atoms with E-state index < -0.39 is 11.9 Å². The van der Waals surface area contributed by atoms with Crippen LogP contribution in [0.15, 0.2) is 12.1 Å². The van der Waals surface area contributed by atoms with Crippen molar-refractivity contribution in [1.82, 2.24) is 15.6 Å². The minimum atomic E-state index is -0.660. The van der Waals surface area contributed by atoms with Gasteiger partial charge in [0.2, 0.25) is 5.91 Å². The second kappa shape index (κ2) is 7.83. The Hall–Kier alpha value is -1.82. The van der Waals surface area contributed by atoms with E-state index in [-0.39, 0.29) is 16.6 Å². The number of carbonyl (C=O) groups is 2. The van der Waals surface area contributed by atoms with Crippen LogP contribution in [0.4, 0.5) is 5.82 Å². The van der Waals surface area contributed by atoms with Crippen LogP contribution >= 0.6 is 11.6 Å². The molecular formula is C14H21ClN4O2. The maximum atomic E-state index is 12.1. The van der Waals surface area contributed by atoms with Crippen LogP contribution < -0.4 is 16.0 Å². The van der Waals surface area contributed by atoms with Crippen molar-refractivity contribution in [1.29, 1.82) is 0 Å². The number of pyridine rings is 1. The van der Waals surface area contributed by atoms with Gasteiger partial charge in [0.25, 0.3) is 5.91 Å². The van der Waals surface area contributed by atoms with Crippen LogP contribution in [0.3, 0.4) is 0 Å². The zero-order valence-corrected chi connectivity index (χ0v) is 13.4. The molecule has 0 fully saturated rings. The zero-order valence-electron chi connectivity index (χ0n) is 12.7. The fourth-order valence-corrected chi connectivity index (χ4v) is 1.72. The second-order valence-corrected chi connectivity index (χ2v) is 5.52. The first kappa shape index (κ1) is 17.2. The molecule has 1 aromatic heterocycles. The van der Waals surface area contributed by atoms with Crippen LogP contribution in [0.1, 0.15) is 31.3 Å². The van der Waals surface area contributed by atoms with Crippen LogP contribution in [-0.4, -0.2) is 36.4 Å². The molecule has 0 bridgehead atoms. The number of carbonyl (C=O) groups excluding carboxylic acids is 2. The molecule has 0 spiro atoms. The molecule has 0 radical (unpaired) electrons. The molecule has 0 saturated heterocycles. The number of amides is 2. The third-order valence-corrected chi connectivity index (χ3v) is 3.05. The molecule has 7 heteroatoms. The van der Waals surface area contributed by atoms with E-state index in [0.717, 1.165) is 0 Å². The fraction of sp³-hybridized carbons (Fsp3) is 0.500. The largest absolute Gasteiger partial charge is 0.373 e. The van der Waals surface area contributed by atoms with Gasteiger partial charge in [-0.1, -0.05) is 25.4 Å². The summed E-state index contributed by atoms with van der Waals surface area (Å²) in [7, 11) is 1.69. The number of rotatable bonds is 6. The lowest BCUT2D eigenvalue weighted by atomic mass is 10.2. The topological polar surface area (TPSA) is 83.1 Å². The molecule has 3 N–H and O–H groups in total. The maximum Gasteiger partial charge on any atom is 0.272 e. The molecule has 0 saturated carbocycles. The molecule has 1 atom stereocenters. The van der Waals surface area contributed by atoms with E-state index in [1.54, 1.807) is 26.1 Å². The summed E-state index contributed by atoms with van der Waals surface area (Å²) in [6.45, 7) is 6.17. The van der Waals surface area contributed by atoms with Gasteiger partial charge in [-0.2, -0.15) is 0 Å². The quantitative estimate of drug-likeness (QED) is 0.746. The Balaban J connectivity index is 2.70. The van der Waals surface area contributed by atoms with Crippen molar-refractivity contribution < 1.29 is 9.59 Å². The number of hydrogen-bond donors (Lipinski definition) is 3. The molecular weight excluding hydrogens is 292 g/mol. The van der Waals surface area contributed by atoms with Crippen LogP contribution in [-0.2, 0) is 4.79 Å². The molecule has 116 valence electrons. The Morgan fingerprint density at radius 3 is 2.52 bits per heavy atom. The summed E-state index contributed by atoms with van der Waals surface area (Å²) in [5.41, 5.74) is 0.0898. The minimum absolute atomic E-state index is 0.0898. The number of hydrogen-bond acceptors (Lipinski definition) is 4. The van der Waals surface area contributed by atoms with Crippen molar-refractivity contribution in [2.24, 2.45) is 5.92 Å². The SMILES string of the molecule is CNc1ccc(Cl)c(C(=O)NC(C)C(=O)NCC(C)C)n1. The highest BCUT2D eigenvalue weighted by Crippen LogP contribution is 2.16. The van der Waals surface area contributed by atoms with E-state index in [2.05, 4.69) is 20.9 Å². The Morgan fingerprint density at radius 1 is 1.29 bits per heavy atom. The van der Waals surface area contributed by atoms with Gasteiger partial charge in [0.15, 0.2) is 0 Å². The van der Waals surface area contributed by atoms with Gasteiger partial charge in [0.1, 0.15) is 17.6 Å². The van der Waals surface area contributed by atoms with E-state index >= 15 is 0 Å². The maximum absolute atomic E-state index is 12.1. The average Bonchev–Trinajstić information content (AvgIpc) is 2.44. The van der Waals surface area contributed by atoms with Gasteiger partial charge in [0.05, 0.1) is 5.02 Å². The van der Waals surface area contributed by atoms with Gasteiger partial charge < -0.3 is 16.0 Å². The first-order chi connectivity index (χ1) is 9.85. The molecule has 1 unspecified atom stereocenters. The number of anilines is 1. The molecule has 21 heavy (non-hydrogen) atoms. The minimum Gasteiger partial charge on any atom is -0.373 e. The molecule has 1 rings (SSSR count). The van der Waals surface area contributed by atoms with Crippen molar-refractivity contribution in [3.05, 3.63) is 22.8 Å². The third kappa shape index (κ3) is 5.23. The summed E-state index contributed by atoms with van der Waals surface area (Å²) >= 11 is 5.96. The Morgan fingerprint density at radius 2 is 1.95 bits per heavy atom. The van der Waals surface area contributed by atoms with Gasteiger partial charge in [0, 0.05) is 13.6 Å². The highest BCUT2D eigenvalue weighted by Gasteiger charge is 2.19. The van der Waals surface area contributed by atoms with Crippen molar-refractivity contribution in [2.45, 2.75) is 26.8 Å². The molecule has 0 aromatic carbocycles. The molecule has 0 aliphatic rings. The lowest BCUT2D eigenvalue weighted by Gasteiger charge is -2.15. The smallest absolute Gasteiger partial charge is 0.272 e. The molecule has 2 amide bonds. The van der Waals surface area contributed by atoms with Gasteiger partial charge in [-0.15, -0.1) is 0 Å². The molecule has 0 aliphatic carbocycles. The molecule has 6 nitrogen and oxygen atoms in total. The lowest BCUT2D eigenvalue weighted by molar-refractivity contribution is -0.122. The average molecular weight is 313 g/mol. The van der Waals surface area contributed by atoms with Crippen LogP contribution in [0.25, 0.3) is 0 Å². The first-order valence-corrected chi connectivity index (χ1v) is 7.15. The Kier molecular flexibility index (Phi) is 6.42. The first-order valence-electron chi connectivity index (χ1n) is 6.78. The van der Waals surface area contributed by atoms with Crippen molar-refractivity contribution in [3.63, 3.8) is 0 Å². The predicted molar refractivity (Wildman–Crippen MR) is 83.6 cm³/mol. The van der Waals surface area contributed by atoms with Crippen molar-refractivity contribution in [2.75, 3.05) is 18.9 Å². The van der Waals surface area contributed by atoms with Crippen LogP contribution in [0.5, 0.6) is 0 Å².